The van der Waals surface area contributed by atoms with Gasteiger partial charge in [-0.05, 0) is 12.8 Å². The van der Waals surface area contributed by atoms with Gasteiger partial charge in [0.15, 0.2) is 0 Å². The maximum atomic E-state index is 9.44. The lowest BCUT2D eigenvalue weighted by Crippen LogP contribution is -2.60. The fourth-order valence-corrected chi connectivity index (χ4v) is 1.28. The Morgan fingerprint density at radius 1 is 1.38 bits per heavy atom. The molecule has 0 aromatic rings. The van der Waals surface area contributed by atoms with Gasteiger partial charge >= 0.3 is 0 Å². The van der Waals surface area contributed by atoms with Gasteiger partial charge in [-0.1, -0.05) is 12.8 Å². The molecule has 2 nitrogen and oxygen atoms in total. The monoisotopic (exact) mass is 116 g/mol. The normalized spacial score (nSPS) is 26.2. The van der Waals surface area contributed by atoms with Crippen LogP contribution < -0.4 is 5.73 Å². The van der Waals surface area contributed by atoms with Crippen molar-refractivity contribution in [1.29, 1.82) is 0 Å². The Labute approximate surface area is 49.7 Å². The first kappa shape index (κ1) is 6.05. The highest BCUT2D eigenvalue weighted by molar-refractivity contribution is 4.82. The molecule has 1 rings (SSSR count). The lowest BCUT2D eigenvalue weighted by atomic mass is 10.0. The van der Waals surface area contributed by atoms with Crippen LogP contribution in [0.2, 0.25) is 0 Å². The lowest BCUT2D eigenvalue weighted by molar-refractivity contribution is -0.398. The molecule has 8 heavy (non-hydrogen) atoms. The first-order valence-electron chi connectivity index (χ1n) is 3.28. The molecule has 2 heteroatoms. The third-order valence-electron chi connectivity index (χ3n) is 2.00. The highest BCUT2D eigenvalue weighted by Crippen LogP contribution is 2.27. The zero-order chi connectivity index (χ0) is 6.04. The molecule has 1 fully saturated rings. The second kappa shape index (κ2) is 2.03. The molecule has 1 aliphatic rings. The van der Waals surface area contributed by atoms with E-state index < -0.39 is 0 Å². The van der Waals surface area contributed by atoms with Crippen LogP contribution in [0.4, 0.5) is 0 Å². The van der Waals surface area contributed by atoms with Gasteiger partial charge in [0.05, 0.1) is 0 Å². The van der Waals surface area contributed by atoms with Crippen molar-refractivity contribution in [3.05, 3.63) is 0 Å². The van der Waals surface area contributed by atoms with Gasteiger partial charge in [-0.2, -0.15) is 0 Å². The molecule has 0 unspecified atom stereocenters. The Kier molecular flexibility index (Phi) is 1.54. The second-order valence-electron chi connectivity index (χ2n) is 2.68. The second-order valence-corrected chi connectivity index (χ2v) is 2.68. The van der Waals surface area contributed by atoms with Crippen molar-refractivity contribution < 1.29 is 10.8 Å². The summed E-state index contributed by atoms with van der Waals surface area (Å²) < 4.78 is 0. The van der Waals surface area contributed by atoms with Gasteiger partial charge in [0.25, 0.3) is 0 Å². The number of quaternary nitrogens is 1. The summed E-state index contributed by atoms with van der Waals surface area (Å²) in [4.78, 5) is 0. The van der Waals surface area contributed by atoms with Crippen molar-refractivity contribution in [2.24, 2.45) is 0 Å². The first-order chi connectivity index (χ1) is 3.77. The summed E-state index contributed by atoms with van der Waals surface area (Å²) in [6.45, 7) is 0.688. The van der Waals surface area contributed by atoms with Crippen molar-refractivity contribution in [2.75, 3.05) is 6.54 Å². The number of rotatable bonds is 1. The molecule has 0 aromatic carbocycles. The van der Waals surface area contributed by atoms with Crippen LogP contribution in [-0.4, -0.2) is 17.3 Å². The van der Waals surface area contributed by atoms with Gasteiger partial charge in [0.2, 0.25) is 0 Å². The minimum absolute atomic E-state index is 0.375. The molecular weight excluding hydrogens is 102 g/mol. The zero-order valence-corrected chi connectivity index (χ0v) is 5.19. The van der Waals surface area contributed by atoms with Gasteiger partial charge in [-0.15, -0.1) is 0 Å². The molecule has 0 atom stereocenters. The Morgan fingerprint density at radius 3 is 2.12 bits per heavy atom. The van der Waals surface area contributed by atoms with E-state index in [0.29, 0.717) is 6.54 Å². The Balaban J connectivity index is 2.40. The predicted molar refractivity (Wildman–Crippen MR) is 31.2 cm³/mol. The van der Waals surface area contributed by atoms with Crippen LogP contribution in [0, 0.1) is 0 Å². The summed E-state index contributed by atoms with van der Waals surface area (Å²) in [7, 11) is 0. The SMILES string of the molecule is [NH3+]CC1(O)CCCC1. The minimum Gasteiger partial charge on any atom is -0.384 e. The highest BCUT2D eigenvalue weighted by Gasteiger charge is 2.30. The van der Waals surface area contributed by atoms with Crippen molar-refractivity contribution in [1.82, 2.24) is 0 Å². The molecule has 0 aromatic heterocycles. The van der Waals surface area contributed by atoms with Crippen molar-refractivity contribution in [3.8, 4) is 0 Å². The molecule has 4 N–H and O–H groups in total. The molecule has 0 amide bonds. The van der Waals surface area contributed by atoms with Crippen molar-refractivity contribution in [3.63, 3.8) is 0 Å². The van der Waals surface area contributed by atoms with E-state index in [2.05, 4.69) is 5.73 Å². The molecule has 0 spiro atoms. The Morgan fingerprint density at radius 2 is 1.88 bits per heavy atom. The summed E-state index contributed by atoms with van der Waals surface area (Å²) in [6.07, 6.45) is 4.31. The fraction of sp³-hybridized carbons (Fsp3) is 1.00. The van der Waals surface area contributed by atoms with Crippen LogP contribution in [0.1, 0.15) is 25.7 Å². The van der Waals surface area contributed by atoms with Crippen LogP contribution in [0.3, 0.4) is 0 Å². The van der Waals surface area contributed by atoms with Gasteiger partial charge in [0.1, 0.15) is 12.1 Å². The summed E-state index contributed by atoms with van der Waals surface area (Å²) in [5.74, 6) is 0. The molecule has 1 aliphatic carbocycles. The van der Waals surface area contributed by atoms with Crippen LogP contribution in [0.5, 0.6) is 0 Å². The molecular formula is C6H14NO+. The summed E-state index contributed by atoms with van der Waals surface area (Å²) in [5, 5.41) is 9.44. The largest absolute Gasteiger partial charge is 0.384 e. The van der Waals surface area contributed by atoms with Crippen molar-refractivity contribution >= 4 is 0 Å². The average Bonchev–Trinajstić information content (AvgIpc) is 2.17. The zero-order valence-electron chi connectivity index (χ0n) is 5.19. The smallest absolute Gasteiger partial charge is 0.113 e. The molecule has 0 heterocycles. The van der Waals surface area contributed by atoms with E-state index in [9.17, 15) is 5.11 Å². The van der Waals surface area contributed by atoms with E-state index in [0.717, 1.165) is 12.8 Å². The van der Waals surface area contributed by atoms with E-state index in [1.54, 1.807) is 0 Å². The van der Waals surface area contributed by atoms with E-state index in [1.807, 2.05) is 0 Å². The van der Waals surface area contributed by atoms with Crippen LogP contribution in [0.25, 0.3) is 0 Å². The van der Waals surface area contributed by atoms with E-state index in [1.165, 1.54) is 12.8 Å². The minimum atomic E-state index is -0.375. The average molecular weight is 116 g/mol. The van der Waals surface area contributed by atoms with Gasteiger partial charge in [-0.25, -0.2) is 0 Å². The number of hydrogen-bond acceptors (Lipinski definition) is 1. The molecule has 0 bridgehead atoms. The Bertz CT molecular complexity index is 76.6. The van der Waals surface area contributed by atoms with Gasteiger partial charge in [-0.3, -0.25) is 0 Å². The van der Waals surface area contributed by atoms with E-state index >= 15 is 0 Å². The third kappa shape index (κ3) is 1.01. The van der Waals surface area contributed by atoms with Crippen LogP contribution in [-0.2, 0) is 0 Å². The predicted octanol–water partition coefficient (Wildman–Crippen LogP) is -0.467. The number of aliphatic hydroxyl groups is 1. The van der Waals surface area contributed by atoms with Gasteiger partial charge in [0, 0.05) is 0 Å². The van der Waals surface area contributed by atoms with Crippen LogP contribution in [0.15, 0.2) is 0 Å². The molecule has 0 radical (unpaired) electrons. The topological polar surface area (TPSA) is 47.9 Å². The Hall–Kier alpha value is -0.0800. The quantitative estimate of drug-likeness (QED) is 0.478. The fourth-order valence-electron chi connectivity index (χ4n) is 1.28. The number of hydrogen-bond donors (Lipinski definition) is 2. The van der Waals surface area contributed by atoms with Crippen LogP contribution >= 0.6 is 0 Å². The maximum Gasteiger partial charge on any atom is 0.113 e. The standard InChI is InChI=1S/C6H13NO/c7-5-6(8)3-1-2-4-6/h8H,1-5,7H2/p+1. The van der Waals surface area contributed by atoms with E-state index in [4.69, 9.17) is 0 Å². The summed E-state index contributed by atoms with van der Waals surface area (Å²) >= 11 is 0. The summed E-state index contributed by atoms with van der Waals surface area (Å²) in [5.41, 5.74) is 3.31. The molecule has 48 valence electrons. The van der Waals surface area contributed by atoms with E-state index in [-0.39, 0.29) is 5.60 Å². The lowest BCUT2D eigenvalue weighted by Gasteiger charge is -2.15. The van der Waals surface area contributed by atoms with Gasteiger partial charge < -0.3 is 10.8 Å². The maximum absolute atomic E-state index is 9.44. The molecule has 0 saturated heterocycles. The third-order valence-corrected chi connectivity index (χ3v) is 2.00. The highest BCUT2D eigenvalue weighted by atomic mass is 16.3. The first-order valence-corrected chi connectivity index (χ1v) is 3.28. The summed E-state index contributed by atoms with van der Waals surface area (Å²) in [6, 6.07) is 0. The van der Waals surface area contributed by atoms with Crippen molar-refractivity contribution in [2.45, 2.75) is 31.3 Å². The molecule has 0 aliphatic heterocycles. The molecule has 1 saturated carbocycles.